The van der Waals surface area contributed by atoms with Crippen LogP contribution >= 0.6 is 0 Å². The topological polar surface area (TPSA) is 191 Å². The summed E-state index contributed by atoms with van der Waals surface area (Å²) in [6.45, 7) is 10.0. The third kappa shape index (κ3) is 13.4. The fourth-order valence-corrected chi connectivity index (χ4v) is 2.74. The van der Waals surface area contributed by atoms with E-state index in [1.54, 1.807) is 41.5 Å². The van der Waals surface area contributed by atoms with Gasteiger partial charge in [-0.3, -0.25) is 19.2 Å². The summed E-state index contributed by atoms with van der Waals surface area (Å²) in [5.74, 6) is -4.20. The molecule has 6 N–H and O–H groups in total. The van der Waals surface area contributed by atoms with Gasteiger partial charge in [0.05, 0.1) is 13.1 Å². The van der Waals surface area contributed by atoms with Crippen molar-refractivity contribution >= 4 is 35.6 Å². The zero-order valence-corrected chi connectivity index (χ0v) is 22.0. The Morgan fingerprint density at radius 3 is 1.11 bits per heavy atom. The average Bonchev–Trinajstić information content (AvgIpc) is 2.74. The minimum Gasteiger partial charge on any atom is -0.478 e. The van der Waals surface area contributed by atoms with Gasteiger partial charge in [0.15, 0.2) is 0 Å². The zero-order valence-electron chi connectivity index (χ0n) is 22.0. The lowest BCUT2D eigenvalue weighted by atomic mass is 9.96. The lowest BCUT2D eigenvalue weighted by Gasteiger charge is -2.17. The lowest BCUT2D eigenvalue weighted by molar-refractivity contribution is -0.136. The monoisotopic (exact) mass is 512 g/mol. The van der Waals surface area contributed by atoms with Gasteiger partial charge in [0, 0.05) is 35.1 Å². The Balaban J connectivity index is 4.68. The first-order valence-corrected chi connectivity index (χ1v) is 11.8. The molecule has 0 radical (unpaired) electrons. The van der Waals surface area contributed by atoms with Crippen LogP contribution in [0.3, 0.4) is 0 Å². The molecule has 0 rings (SSSR count). The highest BCUT2D eigenvalue weighted by Crippen LogP contribution is 2.17. The predicted octanol–water partition coefficient (Wildman–Crippen LogP) is 0.570. The largest absolute Gasteiger partial charge is 0.478 e. The molecule has 36 heavy (non-hydrogen) atoms. The summed E-state index contributed by atoms with van der Waals surface area (Å²) >= 11 is 0. The number of amides is 4. The smallest absolute Gasteiger partial charge is 0.332 e. The number of hydrogen-bond acceptors (Lipinski definition) is 6. The van der Waals surface area contributed by atoms with Crippen LogP contribution in [0.1, 0.15) is 67.2 Å². The number of rotatable bonds is 14. The Kier molecular flexibility index (Phi) is 13.4. The van der Waals surface area contributed by atoms with Crippen molar-refractivity contribution in [2.45, 2.75) is 67.2 Å². The van der Waals surface area contributed by atoms with Crippen LogP contribution in [0.2, 0.25) is 0 Å². The summed E-state index contributed by atoms with van der Waals surface area (Å²) in [6.07, 6.45) is 0.191. The van der Waals surface area contributed by atoms with Crippen molar-refractivity contribution in [1.29, 1.82) is 0 Å². The van der Waals surface area contributed by atoms with Crippen molar-refractivity contribution in [3.05, 3.63) is 11.1 Å². The fraction of sp³-hybridized carbons (Fsp3) is 0.667. The second kappa shape index (κ2) is 14.8. The molecule has 12 heteroatoms. The van der Waals surface area contributed by atoms with Crippen LogP contribution in [0.15, 0.2) is 11.1 Å². The normalized spacial score (nSPS) is 12.2. The highest BCUT2D eigenvalue weighted by atomic mass is 16.4. The van der Waals surface area contributed by atoms with E-state index in [4.69, 9.17) is 0 Å². The van der Waals surface area contributed by atoms with Gasteiger partial charge in [-0.2, -0.15) is 0 Å². The molecule has 0 saturated carbocycles. The molecule has 0 aliphatic carbocycles. The van der Waals surface area contributed by atoms with Crippen LogP contribution in [0.5, 0.6) is 0 Å². The Labute approximate surface area is 211 Å². The molecule has 0 spiro atoms. The number of carboxylic acid groups (broad SMARTS) is 2. The Morgan fingerprint density at radius 1 is 0.556 bits per heavy atom. The summed E-state index contributed by atoms with van der Waals surface area (Å²) in [4.78, 5) is 70.6. The maximum Gasteiger partial charge on any atom is 0.332 e. The molecule has 0 fully saturated rings. The zero-order chi connectivity index (χ0) is 28.1. The maximum absolute atomic E-state index is 11.9. The minimum absolute atomic E-state index is 0.0865. The van der Waals surface area contributed by atoms with Gasteiger partial charge < -0.3 is 31.5 Å². The van der Waals surface area contributed by atoms with Gasteiger partial charge in [0.1, 0.15) is 0 Å². The van der Waals surface area contributed by atoms with Gasteiger partial charge in [0.2, 0.25) is 23.6 Å². The van der Waals surface area contributed by atoms with Crippen LogP contribution in [-0.4, -0.2) is 72.0 Å². The van der Waals surface area contributed by atoms with E-state index in [-0.39, 0.29) is 74.8 Å². The van der Waals surface area contributed by atoms with Gasteiger partial charge in [-0.05, 0) is 25.7 Å². The fourth-order valence-electron chi connectivity index (χ4n) is 2.74. The molecule has 204 valence electrons. The number of nitrogens with one attached hydrogen (secondary N) is 4. The molecule has 0 saturated heterocycles. The SMILES string of the molecule is CC(C)(C)C(=O)NCC(=O)NCCCC(C(=O)O)=C(CCCNC(=O)CNC(=O)C(C)(C)C)C(=O)O. The van der Waals surface area contributed by atoms with E-state index in [0.29, 0.717) is 0 Å². The van der Waals surface area contributed by atoms with Crippen molar-refractivity contribution in [1.82, 2.24) is 21.3 Å². The Hall–Kier alpha value is -3.44. The van der Waals surface area contributed by atoms with E-state index in [0.717, 1.165) is 0 Å². The predicted molar refractivity (Wildman–Crippen MR) is 132 cm³/mol. The molecule has 0 aliphatic rings. The first-order chi connectivity index (χ1) is 16.5. The van der Waals surface area contributed by atoms with Crippen LogP contribution in [0.4, 0.5) is 0 Å². The maximum atomic E-state index is 11.9. The summed E-state index contributed by atoms with van der Waals surface area (Å²) in [7, 11) is 0. The van der Waals surface area contributed by atoms with Crippen molar-refractivity contribution in [3.8, 4) is 0 Å². The number of carbonyl (C=O) groups excluding carboxylic acids is 4. The van der Waals surface area contributed by atoms with E-state index >= 15 is 0 Å². The van der Waals surface area contributed by atoms with Crippen LogP contribution in [0, 0.1) is 10.8 Å². The van der Waals surface area contributed by atoms with E-state index < -0.39 is 34.6 Å². The van der Waals surface area contributed by atoms with Crippen LogP contribution < -0.4 is 21.3 Å². The number of aliphatic carboxylic acids is 2. The molecule has 0 aromatic rings. The third-order valence-electron chi connectivity index (χ3n) is 4.91. The third-order valence-corrected chi connectivity index (χ3v) is 4.91. The highest BCUT2D eigenvalue weighted by molar-refractivity contribution is 5.98. The molecular formula is C24H40N4O8. The van der Waals surface area contributed by atoms with Crippen molar-refractivity contribution in [3.63, 3.8) is 0 Å². The minimum atomic E-state index is -1.37. The highest BCUT2D eigenvalue weighted by Gasteiger charge is 2.23. The standard InChI is InChI=1S/C24H40N4O8/c1-23(2,3)21(35)27-13-17(29)25-11-7-9-15(19(31)32)16(20(33)34)10-8-12-26-18(30)14-28-22(36)24(4,5)6/h7-14H2,1-6H3,(H,25,29)(H,26,30)(H,27,35)(H,28,36)(H,31,32)(H,33,34). The molecule has 0 unspecified atom stereocenters. The van der Waals surface area contributed by atoms with Crippen LogP contribution in [0.25, 0.3) is 0 Å². The Bertz CT molecular complexity index is 796. The summed E-state index contributed by atoms with van der Waals surface area (Å²) < 4.78 is 0. The van der Waals surface area contributed by atoms with Crippen LogP contribution in [-0.2, 0) is 28.8 Å². The van der Waals surface area contributed by atoms with Crippen molar-refractivity contribution in [2.24, 2.45) is 10.8 Å². The van der Waals surface area contributed by atoms with E-state index in [1.807, 2.05) is 0 Å². The van der Waals surface area contributed by atoms with Gasteiger partial charge in [-0.15, -0.1) is 0 Å². The van der Waals surface area contributed by atoms with E-state index in [9.17, 15) is 39.0 Å². The first kappa shape index (κ1) is 32.6. The molecule has 0 aliphatic heterocycles. The molecule has 12 nitrogen and oxygen atoms in total. The average molecular weight is 513 g/mol. The molecule has 0 aromatic carbocycles. The number of carbonyl (C=O) groups is 6. The molecule has 0 atom stereocenters. The molecular weight excluding hydrogens is 472 g/mol. The van der Waals surface area contributed by atoms with E-state index in [1.165, 1.54) is 0 Å². The van der Waals surface area contributed by atoms with Gasteiger partial charge in [-0.1, -0.05) is 41.5 Å². The molecule has 4 amide bonds. The van der Waals surface area contributed by atoms with Gasteiger partial charge in [0.25, 0.3) is 0 Å². The second-order valence-electron chi connectivity index (χ2n) is 10.3. The first-order valence-electron chi connectivity index (χ1n) is 11.8. The molecule has 0 heterocycles. The molecule has 0 bridgehead atoms. The number of carboxylic acids is 2. The quantitative estimate of drug-likeness (QED) is 0.144. The Morgan fingerprint density at radius 2 is 0.861 bits per heavy atom. The van der Waals surface area contributed by atoms with Crippen molar-refractivity contribution in [2.75, 3.05) is 26.2 Å². The molecule has 0 aromatic heterocycles. The van der Waals surface area contributed by atoms with E-state index in [2.05, 4.69) is 21.3 Å². The summed E-state index contributed by atoms with van der Waals surface area (Å²) in [5, 5.41) is 29.1. The van der Waals surface area contributed by atoms with Gasteiger partial charge >= 0.3 is 11.9 Å². The number of hydrogen-bond donors (Lipinski definition) is 6. The second-order valence-corrected chi connectivity index (χ2v) is 10.3. The van der Waals surface area contributed by atoms with Crippen molar-refractivity contribution < 1.29 is 39.0 Å². The summed E-state index contributed by atoms with van der Waals surface area (Å²) in [5.41, 5.74) is -1.83. The summed E-state index contributed by atoms with van der Waals surface area (Å²) in [6, 6.07) is 0. The lowest BCUT2D eigenvalue weighted by Crippen LogP contribution is -2.42. The van der Waals surface area contributed by atoms with Gasteiger partial charge in [-0.25, -0.2) is 9.59 Å².